The Balaban J connectivity index is 1.49. The highest BCUT2D eigenvalue weighted by molar-refractivity contribution is 8.00. The monoisotopic (exact) mass is 357 g/mol. The highest BCUT2D eigenvalue weighted by Gasteiger charge is 2.33. The second-order valence-electron chi connectivity index (χ2n) is 7.61. The SMILES string of the molecule is CS(=O)(=O)C1CCC(C2CCCC(/C=C\C3CCCS3)N2)CC1. The van der Waals surface area contributed by atoms with Gasteiger partial charge < -0.3 is 5.32 Å². The molecule has 1 N–H and O–H groups in total. The van der Waals surface area contributed by atoms with Crippen molar-refractivity contribution in [3.8, 4) is 0 Å². The van der Waals surface area contributed by atoms with Crippen LogP contribution in [0.5, 0.6) is 0 Å². The first kappa shape index (κ1) is 17.8. The van der Waals surface area contributed by atoms with E-state index >= 15 is 0 Å². The third kappa shape index (κ3) is 4.99. The molecule has 0 bridgehead atoms. The lowest BCUT2D eigenvalue weighted by atomic mass is 9.79. The maximum atomic E-state index is 11.7. The molecule has 0 amide bonds. The number of hydrogen-bond acceptors (Lipinski definition) is 4. The third-order valence-electron chi connectivity index (χ3n) is 5.87. The fourth-order valence-corrected chi connectivity index (χ4v) is 6.75. The van der Waals surface area contributed by atoms with Gasteiger partial charge in [-0.2, -0.15) is 11.8 Å². The van der Waals surface area contributed by atoms with E-state index in [-0.39, 0.29) is 5.25 Å². The number of hydrogen-bond donors (Lipinski definition) is 1. The summed E-state index contributed by atoms with van der Waals surface area (Å²) < 4.78 is 23.4. The smallest absolute Gasteiger partial charge is 0.150 e. The van der Waals surface area contributed by atoms with E-state index in [1.54, 1.807) is 0 Å². The second-order valence-corrected chi connectivity index (χ2v) is 11.3. The maximum absolute atomic E-state index is 11.7. The van der Waals surface area contributed by atoms with Crippen LogP contribution in [-0.4, -0.2) is 43.0 Å². The van der Waals surface area contributed by atoms with E-state index in [2.05, 4.69) is 29.2 Å². The van der Waals surface area contributed by atoms with E-state index in [1.165, 1.54) is 44.1 Å². The number of nitrogens with one attached hydrogen (secondary N) is 1. The van der Waals surface area contributed by atoms with E-state index in [0.29, 0.717) is 18.0 Å². The van der Waals surface area contributed by atoms with Crippen molar-refractivity contribution >= 4 is 21.6 Å². The molecule has 5 heteroatoms. The Hall–Kier alpha value is -0.0000000000000000763. The van der Waals surface area contributed by atoms with Crippen LogP contribution >= 0.6 is 11.8 Å². The molecule has 2 saturated heterocycles. The van der Waals surface area contributed by atoms with Crippen LogP contribution in [0, 0.1) is 5.92 Å². The molecule has 0 aromatic carbocycles. The van der Waals surface area contributed by atoms with E-state index < -0.39 is 9.84 Å². The van der Waals surface area contributed by atoms with Crippen LogP contribution in [0.3, 0.4) is 0 Å². The van der Waals surface area contributed by atoms with Gasteiger partial charge in [0, 0.05) is 23.6 Å². The Kier molecular flexibility index (Phi) is 6.13. The van der Waals surface area contributed by atoms with Gasteiger partial charge in [0.05, 0.1) is 5.25 Å². The van der Waals surface area contributed by atoms with Gasteiger partial charge in [-0.15, -0.1) is 0 Å². The average molecular weight is 358 g/mol. The molecule has 1 saturated carbocycles. The van der Waals surface area contributed by atoms with Crippen LogP contribution in [0.15, 0.2) is 12.2 Å². The second kappa shape index (κ2) is 7.92. The summed E-state index contributed by atoms with van der Waals surface area (Å²) >= 11 is 2.09. The number of piperidine rings is 1. The zero-order valence-corrected chi connectivity index (χ0v) is 15.9. The topological polar surface area (TPSA) is 46.2 Å². The molecule has 3 nitrogen and oxygen atoms in total. The third-order valence-corrected chi connectivity index (χ3v) is 8.90. The molecule has 132 valence electrons. The molecule has 0 radical (unpaired) electrons. The molecule has 0 aromatic heterocycles. The van der Waals surface area contributed by atoms with E-state index in [1.807, 2.05) is 0 Å². The van der Waals surface area contributed by atoms with Gasteiger partial charge >= 0.3 is 0 Å². The molecular weight excluding hydrogens is 326 g/mol. The van der Waals surface area contributed by atoms with Gasteiger partial charge in [0.25, 0.3) is 0 Å². The molecule has 1 aliphatic carbocycles. The van der Waals surface area contributed by atoms with Gasteiger partial charge in [-0.3, -0.25) is 0 Å². The Morgan fingerprint density at radius 1 is 0.957 bits per heavy atom. The van der Waals surface area contributed by atoms with Crippen LogP contribution in [0.25, 0.3) is 0 Å². The predicted molar refractivity (Wildman–Crippen MR) is 99.8 cm³/mol. The summed E-state index contributed by atoms with van der Waals surface area (Å²) in [5, 5.41) is 4.51. The van der Waals surface area contributed by atoms with Crippen molar-refractivity contribution in [2.24, 2.45) is 5.92 Å². The van der Waals surface area contributed by atoms with Crippen molar-refractivity contribution in [2.45, 2.75) is 80.4 Å². The average Bonchev–Trinajstić information content (AvgIpc) is 3.06. The summed E-state index contributed by atoms with van der Waals surface area (Å²) in [6, 6.07) is 1.12. The van der Waals surface area contributed by atoms with Crippen LogP contribution < -0.4 is 5.32 Å². The van der Waals surface area contributed by atoms with Crippen molar-refractivity contribution in [1.29, 1.82) is 0 Å². The van der Waals surface area contributed by atoms with Crippen LogP contribution in [0.1, 0.15) is 57.8 Å². The molecule has 3 atom stereocenters. The Morgan fingerprint density at radius 2 is 1.74 bits per heavy atom. The van der Waals surface area contributed by atoms with Crippen LogP contribution in [-0.2, 0) is 9.84 Å². The van der Waals surface area contributed by atoms with Gasteiger partial charge in [0.1, 0.15) is 9.84 Å². The highest BCUT2D eigenvalue weighted by atomic mass is 32.2. The lowest BCUT2D eigenvalue weighted by Crippen LogP contribution is -2.47. The summed E-state index contributed by atoms with van der Waals surface area (Å²) in [6.45, 7) is 0. The highest BCUT2D eigenvalue weighted by Crippen LogP contribution is 2.34. The molecule has 3 rings (SSSR count). The number of rotatable bonds is 4. The predicted octanol–water partition coefficient (Wildman–Crippen LogP) is 3.55. The molecule has 2 aliphatic heterocycles. The van der Waals surface area contributed by atoms with E-state index in [9.17, 15) is 8.42 Å². The van der Waals surface area contributed by atoms with Gasteiger partial charge in [0.2, 0.25) is 0 Å². The van der Waals surface area contributed by atoms with E-state index in [4.69, 9.17) is 0 Å². The van der Waals surface area contributed by atoms with Crippen molar-refractivity contribution in [3.05, 3.63) is 12.2 Å². The fraction of sp³-hybridized carbons (Fsp3) is 0.889. The van der Waals surface area contributed by atoms with Crippen LogP contribution in [0.2, 0.25) is 0 Å². The van der Waals surface area contributed by atoms with Crippen molar-refractivity contribution in [2.75, 3.05) is 12.0 Å². The summed E-state index contributed by atoms with van der Waals surface area (Å²) in [5.74, 6) is 1.99. The first-order valence-corrected chi connectivity index (χ1v) is 12.3. The lowest BCUT2D eigenvalue weighted by Gasteiger charge is -2.38. The van der Waals surface area contributed by atoms with Crippen molar-refractivity contribution in [3.63, 3.8) is 0 Å². The molecular formula is C18H31NO2S2. The van der Waals surface area contributed by atoms with Crippen molar-refractivity contribution < 1.29 is 8.42 Å². The quantitative estimate of drug-likeness (QED) is 0.782. The minimum Gasteiger partial charge on any atom is -0.307 e. The largest absolute Gasteiger partial charge is 0.307 e. The molecule has 3 aliphatic rings. The van der Waals surface area contributed by atoms with Crippen LogP contribution in [0.4, 0.5) is 0 Å². The first-order chi connectivity index (χ1) is 11.0. The minimum atomic E-state index is -2.84. The minimum absolute atomic E-state index is 0.0857. The zero-order chi connectivity index (χ0) is 16.3. The fourth-order valence-electron chi connectivity index (χ4n) is 4.45. The normalized spacial score (nSPS) is 39.8. The molecule has 23 heavy (non-hydrogen) atoms. The lowest BCUT2D eigenvalue weighted by molar-refractivity contribution is 0.219. The maximum Gasteiger partial charge on any atom is 0.150 e. The molecule has 0 spiro atoms. The van der Waals surface area contributed by atoms with Gasteiger partial charge in [0.15, 0.2) is 0 Å². The Morgan fingerprint density at radius 3 is 2.39 bits per heavy atom. The summed E-state index contributed by atoms with van der Waals surface area (Å²) in [4.78, 5) is 0. The summed E-state index contributed by atoms with van der Waals surface area (Å²) in [5.41, 5.74) is 0. The van der Waals surface area contributed by atoms with Gasteiger partial charge in [-0.1, -0.05) is 18.6 Å². The molecule has 2 heterocycles. The van der Waals surface area contributed by atoms with Gasteiger partial charge in [-0.25, -0.2) is 8.42 Å². The molecule has 3 unspecified atom stereocenters. The standard InChI is InChI=1S/C18H31NO2S2/c1-23(20,21)17-11-7-14(8-12-17)18-6-2-4-15(19-18)9-10-16-5-3-13-22-16/h9-10,14-19H,2-8,11-13H2,1H3/b10-9-. The Bertz CT molecular complexity index is 503. The summed E-state index contributed by atoms with van der Waals surface area (Å²) in [7, 11) is -2.84. The van der Waals surface area contributed by atoms with E-state index in [0.717, 1.165) is 30.9 Å². The molecule has 3 fully saturated rings. The van der Waals surface area contributed by atoms with Gasteiger partial charge in [-0.05, 0) is 63.0 Å². The zero-order valence-electron chi connectivity index (χ0n) is 14.2. The Labute approximate surface area is 146 Å². The number of thioether (sulfide) groups is 1. The van der Waals surface area contributed by atoms with Crippen molar-refractivity contribution in [1.82, 2.24) is 5.32 Å². The first-order valence-electron chi connectivity index (χ1n) is 9.27. The molecule has 0 aromatic rings. The summed E-state index contributed by atoms with van der Waals surface area (Å²) in [6.07, 6.45) is 16.6. The number of sulfone groups is 1.